The molecule has 1 fully saturated rings. The Balaban J connectivity index is 1.71. The first-order chi connectivity index (χ1) is 10.9. The third-order valence-corrected chi connectivity index (χ3v) is 4.07. The maximum absolute atomic E-state index is 5.51. The molecule has 0 radical (unpaired) electrons. The standard InChI is InChI=1S/C18H23N3O/c1-2-22-17-5-3-15(4-6-17)14-21-12-11-20-13-18(21)16-7-9-19-10-8-16/h3-10,18,20H,2,11-14H2,1H3. The van der Waals surface area contributed by atoms with Gasteiger partial charge >= 0.3 is 0 Å². The van der Waals surface area contributed by atoms with Crippen LogP contribution in [0, 0.1) is 0 Å². The van der Waals surface area contributed by atoms with Crippen LogP contribution in [0.15, 0.2) is 48.8 Å². The van der Waals surface area contributed by atoms with Gasteiger partial charge in [0.05, 0.1) is 6.61 Å². The summed E-state index contributed by atoms with van der Waals surface area (Å²) in [4.78, 5) is 6.65. The van der Waals surface area contributed by atoms with Crippen LogP contribution in [-0.2, 0) is 6.54 Å². The highest BCUT2D eigenvalue weighted by molar-refractivity contribution is 5.27. The molecular formula is C18H23N3O. The predicted octanol–water partition coefficient (Wildman–Crippen LogP) is 2.63. The molecule has 1 saturated heterocycles. The Morgan fingerprint density at radius 3 is 2.68 bits per heavy atom. The summed E-state index contributed by atoms with van der Waals surface area (Å²) in [5.41, 5.74) is 2.65. The first-order valence-corrected chi connectivity index (χ1v) is 7.93. The highest BCUT2D eigenvalue weighted by Crippen LogP contribution is 2.24. The van der Waals surface area contributed by atoms with Crippen molar-refractivity contribution < 1.29 is 4.74 Å². The van der Waals surface area contributed by atoms with Gasteiger partial charge in [0.2, 0.25) is 0 Å². The van der Waals surface area contributed by atoms with Crippen molar-refractivity contribution in [3.63, 3.8) is 0 Å². The lowest BCUT2D eigenvalue weighted by atomic mass is 10.0. The van der Waals surface area contributed by atoms with E-state index in [9.17, 15) is 0 Å². The molecule has 1 N–H and O–H groups in total. The van der Waals surface area contributed by atoms with Crippen molar-refractivity contribution in [1.29, 1.82) is 0 Å². The molecule has 2 aromatic rings. The average molecular weight is 297 g/mol. The molecule has 1 unspecified atom stereocenters. The quantitative estimate of drug-likeness (QED) is 0.920. The lowest BCUT2D eigenvalue weighted by Crippen LogP contribution is -2.45. The van der Waals surface area contributed by atoms with Crippen molar-refractivity contribution in [3.8, 4) is 5.75 Å². The fraction of sp³-hybridized carbons (Fsp3) is 0.389. The first kappa shape index (κ1) is 15.0. The van der Waals surface area contributed by atoms with Crippen LogP contribution in [-0.4, -0.2) is 36.1 Å². The molecule has 0 bridgehead atoms. The molecule has 4 nitrogen and oxygen atoms in total. The second kappa shape index (κ2) is 7.38. The van der Waals surface area contributed by atoms with Crippen molar-refractivity contribution in [1.82, 2.24) is 15.2 Å². The van der Waals surface area contributed by atoms with Crippen molar-refractivity contribution in [2.75, 3.05) is 26.2 Å². The highest BCUT2D eigenvalue weighted by Gasteiger charge is 2.23. The molecule has 3 rings (SSSR count). The second-order valence-corrected chi connectivity index (χ2v) is 5.55. The number of benzene rings is 1. The van der Waals surface area contributed by atoms with Gasteiger partial charge in [-0.15, -0.1) is 0 Å². The Hall–Kier alpha value is -1.91. The number of aromatic nitrogens is 1. The number of rotatable bonds is 5. The van der Waals surface area contributed by atoms with Crippen molar-refractivity contribution >= 4 is 0 Å². The van der Waals surface area contributed by atoms with Crippen molar-refractivity contribution in [3.05, 3.63) is 59.9 Å². The van der Waals surface area contributed by atoms with Gasteiger partial charge in [-0.1, -0.05) is 12.1 Å². The molecule has 1 aliphatic rings. The average Bonchev–Trinajstić information content (AvgIpc) is 2.58. The Kier molecular flexibility index (Phi) is 5.03. The Morgan fingerprint density at radius 2 is 1.95 bits per heavy atom. The van der Waals surface area contributed by atoms with Crippen LogP contribution >= 0.6 is 0 Å². The van der Waals surface area contributed by atoms with Crippen LogP contribution in [0.5, 0.6) is 5.75 Å². The highest BCUT2D eigenvalue weighted by atomic mass is 16.5. The zero-order chi connectivity index (χ0) is 15.2. The maximum Gasteiger partial charge on any atom is 0.119 e. The van der Waals surface area contributed by atoms with Crippen LogP contribution in [0.4, 0.5) is 0 Å². The molecule has 1 atom stereocenters. The number of piperazine rings is 1. The topological polar surface area (TPSA) is 37.4 Å². The van der Waals surface area contributed by atoms with Crippen LogP contribution in [0.25, 0.3) is 0 Å². The molecule has 0 amide bonds. The summed E-state index contributed by atoms with van der Waals surface area (Å²) in [7, 11) is 0. The molecule has 4 heteroatoms. The SMILES string of the molecule is CCOc1ccc(CN2CCNCC2c2ccncc2)cc1. The van der Waals surface area contributed by atoms with E-state index < -0.39 is 0 Å². The number of nitrogens with zero attached hydrogens (tertiary/aromatic N) is 2. The number of nitrogens with one attached hydrogen (secondary N) is 1. The monoisotopic (exact) mass is 297 g/mol. The summed E-state index contributed by atoms with van der Waals surface area (Å²) < 4.78 is 5.51. The van der Waals surface area contributed by atoms with E-state index in [0.29, 0.717) is 12.6 Å². The van der Waals surface area contributed by atoms with Gasteiger partial charge in [0.25, 0.3) is 0 Å². The molecule has 116 valence electrons. The van der Waals surface area contributed by atoms with E-state index in [0.717, 1.165) is 31.9 Å². The summed E-state index contributed by atoms with van der Waals surface area (Å²) in [6.45, 7) is 6.76. The summed E-state index contributed by atoms with van der Waals surface area (Å²) in [6, 6.07) is 13.1. The van der Waals surface area contributed by atoms with E-state index in [-0.39, 0.29) is 0 Å². The minimum atomic E-state index is 0.406. The fourth-order valence-electron chi connectivity index (χ4n) is 2.94. The number of pyridine rings is 1. The Bertz CT molecular complexity index is 571. The molecule has 22 heavy (non-hydrogen) atoms. The van der Waals surface area contributed by atoms with Crippen LogP contribution in [0.2, 0.25) is 0 Å². The zero-order valence-corrected chi connectivity index (χ0v) is 13.0. The minimum Gasteiger partial charge on any atom is -0.494 e. The van der Waals surface area contributed by atoms with Crippen LogP contribution in [0.1, 0.15) is 24.1 Å². The molecule has 0 spiro atoms. The third-order valence-electron chi connectivity index (χ3n) is 4.07. The van der Waals surface area contributed by atoms with Gasteiger partial charge in [-0.05, 0) is 42.3 Å². The van der Waals surface area contributed by atoms with Crippen molar-refractivity contribution in [2.24, 2.45) is 0 Å². The van der Waals surface area contributed by atoms with E-state index in [1.165, 1.54) is 11.1 Å². The van der Waals surface area contributed by atoms with E-state index in [2.05, 4.69) is 51.6 Å². The second-order valence-electron chi connectivity index (χ2n) is 5.55. The summed E-state index contributed by atoms with van der Waals surface area (Å²) >= 11 is 0. The largest absolute Gasteiger partial charge is 0.494 e. The van der Waals surface area contributed by atoms with Gasteiger partial charge in [-0.25, -0.2) is 0 Å². The summed E-state index contributed by atoms with van der Waals surface area (Å²) in [5.74, 6) is 0.942. The fourth-order valence-corrected chi connectivity index (χ4v) is 2.94. The van der Waals surface area contributed by atoms with Crippen LogP contribution in [0.3, 0.4) is 0 Å². The Morgan fingerprint density at radius 1 is 1.18 bits per heavy atom. The summed E-state index contributed by atoms with van der Waals surface area (Å²) in [5, 5.41) is 3.49. The van der Waals surface area contributed by atoms with Gasteiger partial charge in [0, 0.05) is 44.6 Å². The zero-order valence-electron chi connectivity index (χ0n) is 13.0. The molecule has 1 aromatic heterocycles. The first-order valence-electron chi connectivity index (χ1n) is 7.93. The van der Waals surface area contributed by atoms with Gasteiger partial charge in [-0.3, -0.25) is 9.88 Å². The molecule has 1 aliphatic heterocycles. The maximum atomic E-state index is 5.51. The normalized spacial score (nSPS) is 19.0. The molecule has 1 aromatic carbocycles. The molecule has 0 saturated carbocycles. The molecule has 0 aliphatic carbocycles. The third kappa shape index (κ3) is 3.64. The van der Waals surface area contributed by atoms with E-state index in [1.807, 2.05) is 19.3 Å². The number of hydrogen-bond acceptors (Lipinski definition) is 4. The molecule has 2 heterocycles. The van der Waals surface area contributed by atoms with Gasteiger partial charge in [0.15, 0.2) is 0 Å². The number of ether oxygens (including phenoxy) is 1. The van der Waals surface area contributed by atoms with Crippen LogP contribution < -0.4 is 10.1 Å². The summed E-state index contributed by atoms with van der Waals surface area (Å²) in [6.07, 6.45) is 3.75. The van der Waals surface area contributed by atoms with Gasteiger partial charge in [0.1, 0.15) is 5.75 Å². The van der Waals surface area contributed by atoms with E-state index in [1.54, 1.807) is 0 Å². The Labute approximate surface area is 132 Å². The lowest BCUT2D eigenvalue weighted by Gasteiger charge is -2.36. The van der Waals surface area contributed by atoms with Gasteiger partial charge < -0.3 is 10.1 Å². The van der Waals surface area contributed by atoms with E-state index in [4.69, 9.17) is 4.74 Å². The van der Waals surface area contributed by atoms with Crippen molar-refractivity contribution in [2.45, 2.75) is 19.5 Å². The minimum absolute atomic E-state index is 0.406. The smallest absolute Gasteiger partial charge is 0.119 e. The lowest BCUT2D eigenvalue weighted by molar-refractivity contribution is 0.153. The number of hydrogen-bond donors (Lipinski definition) is 1. The molecular weight excluding hydrogens is 274 g/mol. The van der Waals surface area contributed by atoms with E-state index >= 15 is 0 Å². The predicted molar refractivity (Wildman–Crippen MR) is 87.9 cm³/mol. The van der Waals surface area contributed by atoms with Gasteiger partial charge in [-0.2, -0.15) is 0 Å².